The molecule has 1 aromatic rings. The topological polar surface area (TPSA) is 59.3 Å². The molecule has 0 saturated heterocycles. The van der Waals surface area contributed by atoms with Crippen molar-refractivity contribution in [3.63, 3.8) is 0 Å². The summed E-state index contributed by atoms with van der Waals surface area (Å²) in [6.07, 6.45) is 1.03. The zero-order valence-electron chi connectivity index (χ0n) is 11.3. The molecule has 0 spiro atoms. The fraction of sp³-hybridized carbons (Fsp3) is 0.750. The molecule has 0 aromatic carbocycles. The maximum absolute atomic E-state index is 10.2. The molecule has 0 bridgehead atoms. The summed E-state index contributed by atoms with van der Waals surface area (Å²) in [6.45, 7) is 8.64. The fourth-order valence-corrected chi connectivity index (χ4v) is 1.69. The van der Waals surface area contributed by atoms with Gasteiger partial charge in [-0.3, -0.25) is 4.68 Å². The largest absolute Gasteiger partial charge is 0.493 e. The van der Waals surface area contributed by atoms with Gasteiger partial charge in [0.05, 0.1) is 13.3 Å². The molecule has 0 radical (unpaired) electrons. The van der Waals surface area contributed by atoms with Crippen LogP contribution in [0.4, 0.5) is 0 Å². The van der Waals surface area contributed by atoms with E-state index in [1.54, 1.807) is 18.0 Å². The minimum absolute atomic E-state index is 0.197. The third-order valence-corrected chi connectivity index (χ3v) is 2.54. The molecule has 1 unspecified atom stereocenters. The SMILES string of the molecule is COc1cnn(C(C)C)c1C(O)CNC(C)C. The van der Waals surface area contributed by atoms with Crippen molar-refractivity contribution < 1.29 is 9.84 Å². The van der Waals surface area contributed by atoms with Gasteiger partial charge < -0.3 is 15.2 Å². The normalized spacial score (nSPS) is 13.4. The third kappa shape index (κ3) is 3.44. The average Bonchev–Trinajstić information content (AvgIpc) is 2.69. The lowest BCUT2D eigenvalue weighted by Crippen LogP contribution is -2.29. The Labute approximate surface area is 103 Å². The summed E-state index contributed by atoms with van der Waals surface area (Å²) in [5, 5.41) is 17.6. The van der Waals surface area contributed by atoms with E-state index in [1.807, 2.05) is 27.7 Å². The number of hydrogen-bond acceptors (Lipinski definition) is 4. The number of ether oxygens (including phenoxy) is 1. The van der Waals surface area contributed by atoms with Crippen LogP contribution >= 0.6 is 0 Å². The van der Waals surface area contributed by atoms with Crippen molar-refractivity contribution >= 4 is 0 Å². The molecule has 1 atom stereocenters. The van der Waals surface area contributed by atoms with Crippen molar-refractivity contribution in [2.75, 3.05) is 13.7 Å². The van der Waals surface area contributed by atoms with E-state index in [-0.39, 0.29) is 6.04 Å². The third-order valence-electron chi connectivity index (χ3n) is 2.54. The molecule has 0 fully saturated rings. The maximum Gasteiger partial charge on any atom is 0.162 e. The van der Waals surface area contributed by atoms with Crippen LogP contribution < -0.4 is 10.1 Å². The number of aliphatic hydroxyl groups excluding tert-OH is 1. The van der Waals surface area contributed by atoms with Gasteiger partial charge in [-0.05, 0) is 13.8 Å². The smallest absolute Gasteiger partial charge is 0.162 e. The second-order valence-electron chi connectivity index (χ2n) is 4.72. The first-order valence-corrected chi connectivity index (χ1v) is 6.00. The molecule has 17 heavy (non-hydrogen) atoms. The van der Waals surface area contributed by atoms with E-state index >= 15 is 0 Å². The monoisotopic (exact) mass is 241 g/mol. The van der Waals surface area contributed by atoms with Crippen LogP contribution in [0.25, 0.3) is 0 Å². The maximum atomic E-state index is 10.2. The van der Waals surface area contributed by atoms with E-state index in [1.165, 1.54) is 0 Å². The van der Waals surface area contributed by atoms with Crippen LogP contribution in [0.5, 0.6) is 5.75 Å². The van der Waals surface area contributed by atoms with Crippen molar-refractivity contribution in [1.82, 2.24) is 15.1 Å². The summed E-state index contributed by atoms with van der Waals surface area (Å²) < 4.78 is 7.03. The minimum Gasteiger partial charge on any atom is -0.493 e. The lowest BCUT2D eigenvalue weighted by molar-refractivity contribution is 0.154. The highest BCUT2D eigenvalue weighted by Crippen LogP contribution is 2.27. The first-order chi connectivity index (χ1) is 7.97. The standard InChI is InChI=1S/C12H23N3O2/c1-8(2)13-6-10(16)12-11(17-5)7-14-15(12)9(3)4/h7-10,13,16H,6H2,1-5H3. The van der Waals surface area contributed by atoms with Gasteiger partial charge in [-0.2, -0.15) is 5.10 Å². The minimum atomic E-state index is -0.614. The first kappa shape index (κ1) is 14.0. The first-order valence-electron chi connectivity index (χ1n) is 6.00. The van der Waals surface area contributed by atoms with Crippen LogP contribution in [0.3, 0.4) is 0 Å². The van der Waals surface area contributed by atoms with Crippen LogP contribution in [0, 0.1) is 0 Å². The second kappa shape index (κ2) is 6.02. The van der Waals surface area contributed by atoms with E-state index in [9.17, 15) is 5.11 Å². The molecule has 0 aliphatic rings. The summed E-state index contributed by atoms with van der Waals surface area (Å²) >= 11 is 0. The molecule has 2 N–H and O–H groups in total. The highest BCUT2D eigenvalue weighted by atomic mass is 16.5. The van der Waals surface area contributed by atoms with Crippen LogP contribution in [0.2, 0.25) is 0 Å². The van der Waals surface area contributed by atoms with Gasteiger partial charge in [-0.25, -0.2) is 0 Å². The molecular weight excluding hydrogens is 218 g/mol. The average molecular weight is 241 g/mol. The molecule has 0 amide bonds. The quantitative estimate of drug-likeness (QED) is 0.792. The number of nitrogens with one attached hydrogen (secondary N) is 1. The van der Waals surface area contributed by atoms with Crippen LogP contribution in [0.1, 0.15) is 45.5 Å². The summed E-state index contributed by atoms with van der Waals surface area (Å²) in [4.78, 5) is 0. The van der Waals surface area contributed by atoms with E-state index < -0.39 is 6.10 Å². The molecule has 1 rings (SSSR count). The van der Waals surface area contributed by atoms with E-state index in [0.717, 1.165) is 5.69 Å². The second-order valence-corrected chi connectivity index (χ2v) is 4.72. The highest BCUT2D eigenvalue weighted by Gasteiger charge is 2.21. The number of rotatable bonds is 6. The van der Waals surface area contributed by atoms with Gasteiger partial charge in [-0.15, -0.1) is 0 Å². The molecule has 1 aromatic heterocycles. The molecule has 5 nitrogen and oxygen atoms in total. The van der Waals surface area contributed by atoms with Gasteiger partial charge in [0.25, 0.3) is 0 Å². The van der Waals surface area contributed by atoms with Gasteiger partial charge >= 0.3 is 0 Å². The Bertz CT molecular complexity index is 348. The van der Waals surface area contributed by atoms with E-state index in [4.69, 9.17) is 4.74 Å². The van der Waals surface area contributed by atoms with Crippen molar-refractivity contribution in [1.29, 1.82) is 0 Å². The van der Waals surface area contributed by atoms with Crippen molar-refractivity contribution in [3.05, 3.63) is 11.9 Å². The van der Waals surface area contributed by atoms with E-state index in [0.29, 0.717) is 18.3 Å². The number of aromatic nitrogens is 2. The van der Waals surface area contributed by atoms with Crippen LogP contribution in [-0.2, 0) is 0 Å². The molecule has 5 heteroatoms. The highest BCUT2D eigenvalue weighted by molar-refractivity contribution is 5.27. The molecule has 98 valence electrons. The molecular formula is C12H23N3O2. The van der Waals surface area contributed by atoms with Gasteiger partial charge in [-0.1, -0.05) is 13.8 Å². The number of nitrogens with zero attached hydrogens (tertiary/aromatic N) is 2. The summed E-state index contributed by atoms with van der Waals surface area (Å²) in [7, 11) is 1.59. The summed E-state index contributed by atoms with van der Waals surface area (Å²) in [6, 6.07) is 0.536. The number of methoxy groups -OCH3 is 1. The Morgan fingerprint density at radius 3 is 2.53 bits per heavy atom. The lowest BCUT2D eigenvalue weighted by atomic mass is 10.2. The molecule has 0 aliphatic heterocycles. The van der Waals surface area contributed by atoms with Crippen LogP contribution in [0.15, 0.2) is 6.20 Å². The Morgan fingerprint density at radius 1 is 1.41 bits per heavy atom. The Balaban J connectivity index is 2.89. The molecule has 0 aliphatic carbocycles. The number of hydrogen-bond donors (Lipinski definition) is 2. The summed E-state index contributed by atoms with van der Waals surface area (Å²) in [5.74, 6) is 0.636. The van der Waals surface area contributed by atoms with Crippen LogP contribution in [-0.4, -0.2) is 34.6 Å². The lowest BCUT2D eigenvalue weighted by Gasteiger charge is -2.18. The summed E-state index contributed by atoms with van der Waals surface area (Å²) in [5.41, 5.74) is 0.732. The molecule has 1 heterocycles. The Hall–Kier alpha value is -1.07. The molecule has 0 saturated carbocycles. The van der Waals surface area contributed by atoms with Crippen molar-refractivity contribution in [3.8, 4) is 5.75 Å². The number of aliphatic hydroxyl groups is 1. The van der Waals surface area contributed by atoms with Crippen molar-refractivity contribution in [2.45, 2.75) is 45.9 Å². The van der Waals surface area contributed by atoms with Crippen molar-refractivity contribution in [2.24, 2.45) is 0 Å². The van der Waals surface area contributed by atoms with Gasteiger partial charge in [0.15, 0.2) is 5.75 Å². The van der Waals surface area contributed by atoms with Gasteiger partial charge in [0, 0.05) is 18.6 Å². The predicted octanol–water partition coefficient (Wildman–Crippen LogP) is 1.50. The van der Waals surface area contributed by atoms with Gasteiger partial charge in [0.2, 0.25) is 0 Å². The Kier molecular flexibility index (Phi) is 4.96. The predicted molar refractivity (Wildman–Crippen MR) is 67.3 cm³/mol. The Morgan fingerprint density at radius 2 is 2.06 bits per heavy atom. The van der Waals surface area contributed by atoms with Gasteiger partial charge in [0.1, 0.15) is 11.8 Å². The zero-order chi connectivity index (χ0) is 13.0. The van der Waals surface area contributed by atoms with E-state index in [2.05, 4.69) is 10.4 Å². The fourth-order valence-electron chi connectivity index (χ4n) is 1.69. The zero-order valence-corrected chi connectivity index (χ0v) is 11.3.